The van der Waals surface area contributed by atoms with Gasteiger partial charge in [-0.1, -0.05) is 24.3 Å². The fraction of sp³-hybridized carbons (Fsp3) is 0.300. The van der Waals surface area contributed by atoms with Crippen LogP contribution in [-0.4, -0.2) is 21.4 Å². The third-order valence-corrected chi connectivity index (χ3v) is 8.56. The number of hydrogen-bond acceptors (Lipinski definition) is 6. The number of hydrogen-bond donors (Lipinski definition) is 2. The first kappa shape index (κ1) is 24.9. The van der Waals surface area contributed by atoms with Gasteiger partial charge in [0.2, 0.25) is 5.88 Å². The summed E-state index contributed by atoms with van der Waals surface area (Å²) in [5.41, 5.74) is 4.00. The highest BCUT2D eigenvalue weighted by molar-refractivity contribution is 7.16. The molecule has 0 bridgehead atoms. The van der Waals surface area contributed by atoms with Gasteiger partial charge in [-0.2, -0.15) is 5.26 Å². The Labute approximate surface area is 220 Å². The highest BCUT2D eigenvalue weighted by atomic mass is 32.1. The van der Waals surface area contributed by atoms with Gasteiger partial charge in [-0.25, -0.2) is 9.56 Å². The van der Waals surface area contributed by atoms with Gasteiger partial charge in [-0.15, -0.1) is 11.3 Å². The molecule has 0 aliphatic carbocycles. The van der Waals surface area contributed by atoms with Crippen LogP contribution >= 0.6 is 11.3 Å². The lowest BCUT2D eigenvalue weighted by Crippen LogP contribution is -2.54. The number of nitrogens with zero attached hydrogens (tertiary/aromatic N) is 3. The second-order valence-corrected chi connectivity index (χ2v) is 12.0. The van der Waals surface area contributed by atoms with Gasteiger partial charge in [0.25, 0.3) is 5.56 Å². The SMILES string of the molecule is Cc1ccc(-n2c(O)c(/C=N/c3sc4c(c3C#N)CC(C)(C)NC4(C)C)c3ccccc3c2=O)cc1C. The van der Waals surface area contributed by atoms with E-state index in [1.54, 1.807) is 12.3 Å². The molecule has 2 aromatic carbocycles. The van der Waals surface area contributed by atoms with Crippen LogP contribution in [0, 0.1) is 25.2 Å². The van der Waals surface area contributed by atoms with Gasteiger partial charge in [-0.05, 0) is 82.9 Å². The molecule has 37 heavy (non-hydrogen) atoms. The zero-order chi connectivity index (χ0) is 26.7. The Morgan fingerprint density at radius 1 is 1.11 bits per heavy atom. The Balaban J connectivity index is 1.72. The summed E-state index contributed by atoms with van der Waals surface area (Å²) in [5.74, 6) is -0.182. The number of rotatable bonds is 3. The summed E-state index contributed by atoms with van der Waals surface area (Å²) in [4.78, 5) is 19.3. The number of aliphatic imine (C=N–C) groups is 1. The Morgan fingerprint density at radius 3 is 2.49 bits per heavy atom. The zero-order valence-electron chi connectivity index (χ0n) is 21.9. The van der Waals surface area contributed by atoms with Crippen LogP contribution in [0.1, 0.15) is 60.4 Å². The molecule has 0 radical (unpaired) electrons. The Kier molecular flexibility index (Phi) is 5.86. The molecule has 0 amide bonds. The van der Waals surface area contributed by atoms with Crippen LogP contribution in [0.25, 0.3) is 16.5 Å². The molecule has 2 aromatic heterocycles. The lowest BCUT2D eigenvalue weighted by atomic mass is 9.81. The Bertz CT molecular complexity index is 1700. The van der Waals surface area contributed by atoms with Gasteiger partial charge >= 0.3 is 0 Å². The first-order valence-electron chi connectivity index (χ1n) is 12.3. The zero-order valence-corrected chi connectivity index (χ0v) is 22.7. The molecule has 1 aliphatic heterocycles. The van der Waals surface area contributed by atoms with Crippen molar-refractivity contribution in [1.29, 1.82) is 5.26 Å². The molecule has 6 nitrogen and oxygen atoms in total. The van der Waals surface area contributed by atoms with Crippen LogP contribution in [0.15, 0.2) is 52.3 Å². The van der Waals surface area contributed by atoms with Crippen molar-refractivity contribution in [3.05, 3.63) is 85.5 Å². The number of aromatic nitrogens is 1. The second-order valence-electron chi connectivity index (χ2n) is 11.0. The van der Waals surface area contributed by atoms with Crippen molar-refractivity contribution in [1.82, 2.24) is 9.88 Å². The highest BCUT2D eigenvalue weighted by Gasteiger charge is 2.40. The molecule has 0 atom stereocenters. The van der Waals surface area contributed by atoms with Gasteiger partial charge in [0.05, 0.1) is 16.8 Å². The van der Waals surface area contributed by atoms with Crippen LogP contribution in [0.2, 0.25) is 0 Å². The van der Waals surface area contributed by atoms with E-state index >= 15 is 0 Å². The second kappa shape index (κ2) is 8.69. The summed E-state index contributed by atoms with van der Waals surface area (Å²) in [6, 6.07) is 15.2. The first-order chi connectivity index (χ1) is 17.4. The average molecular weight is 511 g/mol. The third kappa shape index (κ3) is 4.16. The van der Waals surface area contributed by atoms with Gasteiger partial charge in [0.15, 0.2) is 0 Å². The van der Waals surface area contributed by atoms with E-state index in [1.807, 2.05) is 50.2 Å². The van der Waals surface area contributed by atoms with Crippen molar-refractivity contribution in [3.63, 3.8) is 0 Å². The standard InChI is InChI=1S/C30H30N4O2S/c1-17-11-12-19(13-18(17)2)34-27(35)21-10-8-7-9-20(21)24(28(34)36)16-32-26-23(15-31)22-14-29(3,4)33-30(5,6)25(22)37-26/h7-13,16,33,36H,14H2,1-6H3/b32-16+. The molecule has 3 heterocycles. The number of nitrogens with one attached hydrogen (secondary N) is 1. The number of thiophene rings is 1. The molecule has 2 N–H and O–H groups in total. The largest absolute Gasteiger partial charge is 0.494 e. The lowest BCUT2D eigenvalue weighted by Gasteiger charge is -2.42. The van der Waals surface area contributed by atoms with Crippen LogP contribution in [0.5, 0.6) is 5.88 Å². The van der Waals surface area contributed by atoms with E-state index in [0.29, 0.717) is 32.6 Å². The molecule has 0 saturated carbocycles. The molecule has 4 aromatic rings. The number of fused-ring (bicyclic) bond motifs is 2. The number of benzene rings is 2. The van der Waals surface area contributed by atoms with Crippen LogP contribution in [0.4, 0.5) is 5.00 Å². The van der Waals surface area contributed by atoms with Crippen molar-refractivity contribution in [2.24, 2.45) is 4.99 Å². The number of aromatic hydroxyl groups is 1. The van der Waals surface area contributed by atoms with E-state index in [1.165, 1.54) is 15.9 Å². The summed E-state index contributed by atoms with van der Waals surface area (Å²) in [6.07, 6.45) is 2.31. The van der Waals surface area contributed by atoms with Gasteiger partial charge in [-0.3, -0.25) is 4.79 Å². The predicted molar refractivity (Wildman–Crippen MR) is 151 cm³/mol. The molecule has 0 unspecified atom stereocenters. The average Bonchev–Trinajstić information content (AvgIpc) is 3.18. The third-order valence-electron chi connectivity index (χ3n) is 7.10. The summed E-state index contributed by atoms with van der Waals surface area (Å²) >= 11 is 1.50. The lowest BCUT2D eigenvalue weighted by molar-refractivity contribution is 0.247. The summed E-state index contributed by atoms with van der Waals surface area (Å²) in [5, 5.41) is 26.8. The minimum atomic E-state index is -0.299. The van der Waals surface area contributed by atoms with Crippen molar-refractivity contribution >= 4 is 33.3 Å². The molecule has 1 aliphatic rings. The van der Waals surface area contributed by atoms with Crippen LogP contribution in [-0.2, 0) is 12.0 Å². The minimum Gasteiger partial charge on any atom is -0.494 e. The summed E-state index contributed by atoms with van der Waals surface area (Å²) < 4.78 is 1.33. The van der Waals surface area contributed by atoms with E-state index in [-0.39, 0.29) is 22.5 Å². The molecule has 188 valence electrons. The molecule has 5 rings (SSSR count). The maximum atomic E-state index is 13.4. The van der Waals surface area contributed by atoms with Crippen molar-refractivity contribution < 1.29 is 5.11 Å². The fourth-order valence-corrected chi connectivity index (χ4v) is 6.61. The topological polar surface area (TPSA) is 90.4 Å². The van der Waals surface area contributed by atoms with Gasteiger partial charge < -0.3 is 10.4 Å². The Morgan fingerprint density at radius 2 is 1.81 bits per heavy atom. The summed E-state index contributed by atoms with van der Waals surface area (Å²) in [7, 11) is 0. The number of pyridine rings is 1. The van der Waals surface area contributed by atoms with E-state index in [0.717, 1.165) is 28.0 Å². The van der Waals surface area contributed by atoms with Crippen LogP contribution < -0.4 is 10.9 Å². The molecule has 0 fully saturated rings. The number of aryl methyl sites for hydroxylation is 2. The van der Waals surface area contributed by atoms with Crippen molar-refractivity contribution in [2.75, 3.05) is 0 Å². The van der Waals surface area contributed by atoms with E-state index in [2.05, 4.69) is 39.1 Å². The highest BCUT2D eigenvalue weighted by Crippen LogP contribution is 2.46. The van der Waals surface area contributed by atoms with Gasteiger partial charge in [0, 0.05) is 32.9 Å². The van der Waals surface area contributed by atoms with Crippen molar-refractivity contribution in [2.45, 2.75) is 59.0 Å². The maximum Gasteiger partial charge on any atom is 0.265 e. The maximum absolute atomic E-state index is 13.4. The first-order valence-corrected chi connectivity index (χ1v) is 13.1. The quantitative estimate of drug-likeness (QED) is 0.323. The van der Waals surface area contributed by atoms with Crippen LogP contribution in [0.3, 0.4) is 0 Å². The predicted octanol–water partition coefficient (Wildman–Crippen LogP) is 6.16. The normalized spacial score (nSPS) is 16.1. The minimum absolute atomic E-state index is 0.152. The summed E-state index contributed by atoms with van der Waals surface area (Å²) in [6.45, 7) is 12.5. The van der Waals surface area contributed by atoms with E-state index in [4.69, 9.17) is 4.99 Å². The molecule has 0 saturated heterocycles. The molecular weight excluding hydrogens is 480 g/mol. The Hall–Kier alpha value is -3.73. The van der Waals surface area contributed by atoms with E-state index in [9.17, 15) is 15.2 Å². The monoisotopic (exact) mass is 510 g/mol. The molecular formula is C30H30N4O2S. The van der Waals surface area contributed by atoms with E-state index < -0.39 is 0 Å². The van der Waals surface area contributed by atoms with Crippen molar-refractivity contribution in [3.8, 4) is 17.6 Å². The fourth-order valence-electron chi connectivity index (χ4n) is 5.44. The molecule has 0 spiro atoms. The van der Waals surface area contributed by atoms with Gasteiger partial charge in [0.1, 0.15) is 11.1 Å². The smallest absolute Gasteiger partial charge is 0.265 e. The molecule has 7 heteroatoms. The number of nitriles is 1.